The van der Waals surface area contributed by atoms with Gasteiger partial charge in [0.15, 0.2) is 0 Å². The number of methoxy groups -OCH3 is 1. The molecular weight excluding hydrogens is 272 g/mol. The maximum Gasteiger partial charge on any atom is 0.242 e. The predicted molar refractivity (Wildman–Crippen MR) is 71.0 cm³/mol. The van der Waals surface area contributed by atoms with Gasteiger partial charge in [-0.3, -0.25) is 0 Å². The molecule has 0 spiro atoms. The lowest BCUT2D eigenvalue weighted by atomic mass is 10.2. The van der Waals surface area contributed by atoms with Gasteiger partial charge in [-0.2, -0.15) is 0 Å². The fourth-order valence-corrected chi connectivity index (χ4v) is 4.96. The van der Waals surface area contributed by atoms with Crippen LogP contribution in [0.3, 0.4) is 0 Å². The van der Waals surface area contributed by atoms with Crippen LogP contribution in [-0.4, -0.2) is 27.7 Å². The highest BCUT2D eigenvalue weighted by atomic mass is 32.2. The maximum atomic E-state index is 12.3. The second-order valence-electron chi connectivity index (χ2n) is 4.34. The quantitative estimate of drug-likeness (QED) is 0.849. The first-order chi connectivity index (χ1) is 8.58. The molecule has 1 aliphatic carbocycles. The second-order valence-corrected chi connectivity index (χ2v) is 7.03. The summed E-state index contributed by atoms with van der Waals surface area (Å²) in [6, 6.07) is 1.47. The van der Waals surface area contributed by atoms with E-state index in [0.717, 1.165) is 19.3 Å². The molecule has 1 aliphatic rings. The zero-order chi connectivity index (χ0) is 13.2. The first-order valence-electron chi connectivity index (χ1n) is 5.90. The molecule has 1 saturated carbocycles. The van der Waals surface area contributed by atoms with E-state index in [1.807, 2.05) is 0 Å². The summed E-state index contributed by atoms with van der Waals surface area (Å²) in [6.45, 7) is 0.242. The van der Waals surface area contributed by atoms with Crippen LogP contribution in [0.25, 0.3) is 0 Å². The summed E-state index contributed by atoms with van der Waals surface area (Å²) in [5, 5.41) is 1.75. The Kier molecular flexibility index (Phi) is 4.39. The van der Waals surface area contributed by atoms with Gasteiger partial charge in [0.05, 0.1) is 11.0 Å². The molecule has 2 atom stereocenters. The summed E-state index contributed by atoms with van der Waals surface area (Å²) < 4.78 is 32.6. The third-order valence-electron chi connectivity index (χ3n) is 3.24. The van der Waals surface area contributed by atoms with Gasteiger partial charge < -0.3 is 10.5 Å². The molecule has 1 fully saturated rings. The minimum Gasteiger partial charge on any atom is -0.380 e. The third-order valence-corrected chi connectivity index (χ3v) is 5.89. The van der Waals surface area contributed by atoms with Crippen molar-refractivity contribution >= 4 is 21.4 Å². The van der Waals surface area contributed by atoms with Crippen LogP contribution in [0, 0.1) is 0 Å². The molecule has 0 saturated heterocycles. The molecule has 0 amide bonds. The Labute approximate surface area is 111 Å². The molecule has 1 aromatic rings. The van der Waals surface area contributed by atoms with Crippen LogP contribution in [0.2, 0.25) is 0 Å². The molecule has 0 radical (unpaired) electrons. The molecule has 3 N–H and O–H groups in total. The lowest BCUT2D eigenvalue weighted by Crippen LogP contribution is -2.40. The Balaban J connectivity index is 2.17. The summed E-state index contributed by atoms with van der Waals surface area (Å²) in [5.41, 5.74) is 5.55. The monoisotopic (exact) mass is 290 g/mol. The van der Waals surface area contributed by atoms with Crippen LogP contribution in [0.15, 0.2) is 16.3 Å². The van der Waals surface area contributed by atoms with Crippen molar-refractivity contribution in [2.75, 3.05) is 7.11 Å². The fourth-order valence-electron chi connectivity index (χ4n) is 2.32. The van der Waals surface area contributed by atoms with Crippen LogP contribution in [0.1, 0.15) is 24.1 Å². The van der Waals surface area contributed by atoms with Crippen LogP contribution in [-0.2, 0) is 21.3 Å². The zero-order valence-electron chi connectivity index (χ0n) is 10.3. The van der Waals surface area contributed by atoms with E-state index in [1.165, 1.54) is 11.3 Å². The van der Waals surface area contributed by atoms with Crippen molar-refractivity contribution < 1.29 is 13.2 Å². The average Bonchev–Trinajstić information content (AvgIpc) is 2.95. The Morgan fingerprint density at radius 2 is 2.33 bits per heavy atom. The van der Waals surface area contributed by atoms with Crippen molar-refractivity contribution in [2.45, 2.75) is 42.8 Å². The van der Waals surface area contributed by atoms with Crippen LogP contribution in [0.4, 0.5) is 0 Å². The molecule has 2 rings (SSSR count). The number of nitrogens with two attached hydrogens (primary N) is 1. The maximum absolute atomic E-state index is 12.3. The molecule has 7 heteroatoms. The normalized spacial score (nSPS) is 24.6. The smallest absolute Gasteiger partial charge is 0.242 e. The molecule has 18 heavy (non-hydrogen) atoms. The minimum absolute atomic E-state index is 0.0280. The van der Waals surface area contributed by atoms with E-state index in [4.69, 9.17) is 10.5 Å². The molecule has 0 aromatic carbocycles. The van der Waals surface area contributed by atoms with Crippen molar-refractivity contribution in [3.05, 3.63) is 16.3 Å². The van der Waals surface area contributed by atoms with Gasteiger partial charge >= 0.3 is 0 Å². The van der Waals surface area contributed by atoms with Gasteiger partial charge in [0.2, 0.25) is 10.0 Å². The Morgan fingerprint density at radius 1 is 1.56 bits per heavy atom. The lowest BCUT2D eigenvalue weighted by molar-refractivity contribution is 0.0916. The van der Waals surface area contributed by atoms with Gasteiger partial charge in [-0.05, 0) is 30.7 Å². The highest BCUT2D eigenvalue weighted by molar-refractivity contribution is 7.89. The molecule has 1 aromatic heterocycles. The Morgan fingerprint density at radius 3 is 3.00 bits per heavy atom. The van der Waals surface area contributed by atoms with Crippen molar-refractivity contribution in [1.29, 1.82) is 0 Å². The van der Waals surface area contributed by atoms with Crippen molar-refractivity contribution in [2.24, 2.45) is 5.73 Å². The number of ether oxygens (including phenoxy) is 1. The first kappa shape index (κ1) is 14.0. The predicted octanol–water partition coefficient (Wildman–Crippen LogP) is 1.05. The van der Waals surface area contributed by atoms with Gasteiger partial charge in [0.25, 0.3) is 0 Å². The lowest BCUT2D eigenvalue weighted by Gasteiger charge is -2.19. The first-order valence-corrected chi connectivity index (χ1v) is 8.26. The van der Waals surface area contributed by atoms with Crippen molar-refractivity contribution in [1.82, 2.24) is 4.72 Å². The summed E-state index contributed by atoms with van der Waals surface area (Å²) >= 11 is 1.37. The zero-order valence-corrected chi connectivity index (χ0v) is 11.9. The molecule has 1 heterocycles. The van der Waals surface area contributed by atoms with Crippen LogP contribution >= 0.6 is 11.3 Å². The van der Waals surface area contributed by atoms with E-state index in [2.05, 4.69) is 4.72 Å². The van der Waals surface area contributed by atoms with Crippen LogP contribution < -0.4 is 10.5 Å². The van der Waals surface area contributed by atoms with E-state index in [1.54, 1.807) is 18.6 Å². The number of sulfonamides is 1. The summed E-state index contributed by atoms with van der Waals surface area (Å²) in [4.78, 5) is 0.992. The SMILES string of the molecule is COC1CCCC1NS(=O)(=O)c1ccsc1CN. The van der Waals surface area contributed by atoms with Crippen molar-refractivity contribution in [3.63, 3.8) is 0 Å². The highest BCUT2D eigenvalue weighted by Gasteiger charge is 2.32. The number of hydrogen-bond donors (Lipinski definition) is 2. The number of thiophene rings is 1. The van der Waals surface area contributed by atoms with Gasteiger partial charge in [0.1, 0.15) is 0 Å². The van der Waals surface area contributed by atoms with Gasteiger partial charge in [-0.1, -0.05) is 0 Å². The third kappa shape index (κ3) is 2.75. The van der Waals surface area contributed by atoms with E-state index < -0.39 is 10.0 Å². The number of rotatable bonds is 5. The topological polar surface area (TPSA) is 81.4 Å². The molecular formula is C11H18N2O3S2. The second kappa shape index (κ2) is 5.66. The summed E-state index contributed by atoms with van der Waals surface area (Å²) in [6.07, 6.45) is 2.68. The number of hydrogen-bond acceptors (Lipinski definition) is 5. The minimum atomic E-state index is -3.49. The van der Waals surface area contributed by atoms with Gasteiger partial charge in [-0.25, -0.2) is 13.1 Å². The van der Waals surface area contributed by atoms with E-state index >= 15 is 0 Å². The molecule has 0 aliphatic heterocycles. The Hall–Kier alpha value is -0.470. The van der Waals surface area contributed by atoms with E-state index in [9.17, 15) is 8.42 Å². The van der Waals surface area contributed by atoms with Crippen molar-refractivity contribution in [3.8, 4) is 0 Å². The van der Waals surface area contributed by atoms with Crippen LogP contribution in [0.5, 0.6) is 0 Å². The number of nitrogens with one attached hydrogen (secondary N) is 1. The average molecular weight is 290 g/mol. The largest absolute Gasteiger partial charge is 0.380 e. The molecule has 102 valence electrons. The van der Waals surface area contributed by atoms with E-state index in [0.29, 0.717) is 9.77 Å². The van der Waals surface area contributed by atoms with Gasteiger partial charge in [0, 0.05) is 24.6 Å². The molecule has 5 nitrogen and oxygen atoms in total. The summed E-state index contributed by atoms with van der Waals surface area (Å²) in [7, 11) is -1.87. The highest BCUT2D eigenvalue weighted by Crippen LogP contribution is 2.26. The molecule has 0 bridgehead atoms. The van der Waals surface area contributed by atoms with Gasteiger partial charge in [-0.15, -0.1) is 11.3 Å². The fraction of sp³-hybridized carbons (Fsp3) is 0.636. The standard InChI is InChI=1S/C11H18N2O3S2/c1-16-9-4-2-3-8(9)13-18(14,15)11-5-6-17-10(11)7-12/h5-6,8-9,13H,2-4,7,12H2,1H3. The Bertz CT molecular complexity index is 498. The molecule has 2 unspecified atom stereocenters. The summed E-state index contributed by atoms with van der Waals surface area (Å²) in [5.74, 6) is 0. The van der Waals surface area contributed by atoms with E-state index in [-0.39, 0.29) is 18.7 Å².